The molecule has 0 aromatic carbocycles. The molecule has 0 unspecified atom stereocenters. The van der Waals surface area contributed by atoms with E-state index < -0.39 is 5.97 Å². The van der Waals surface area contributed by atoms with Crippen molar-refractivity contribution in [2.45, 2.75) is 13.5 Å². The summed E-state index contributed by atoms with van der Waals surface area (Å²) in [5.41, 5.74) is 6.82. The zero-order chi connectivity index (χ0) is 9.14. The highest BCUT2D eigenvalue weighted by Crippen LogP contribution is 2.08. The van der Waals surface area contributed by atoms with Crippen LogP contribution in [-0.4, -0.2) is 16.1 Å². The van der Waals surface area contributed by atoms with Gasteiger partial charge in [0.1, 0.15) is 0 Å². The molecule has 0 aliphatic heterocycles. The molecule has 0 aliphatic carbocycles. The van der Waals surface area contributed by atoms with E-state index in [2.05, 4.69) is 4.98 Å². The van der Waals surface area contributed by atoms with Crippen molar-refractivity contribution in [2.24, 2.45) is 5.73 Å². The van der Waals surface area contributed by atoms with Crippen molar-refractivity contribution in [3.63, 3.8) is 0 Å². The number of aryl methyl sites for hydroxylation is 1. The lowest BCUT2D eigenvalue weighted by Crippen LogP contribution is -2.08. The molecule has 1 aromatic rings. The second-order valence-electron chi connectivity index (χ2n) is 2.49. The number of hydrogen-bond acceptors (Lipinski definition) is 3. The predicted octanol–water partition coefficient (Wildman–Crippen LogP) is 0.547. The molecule has 0 saturated heterocycles. The number of pyridine rings is 1. The summed E-state index contributed by atoms with van der Waals surface area (Å²) >= 11 is 0. The molecule has 1 aromatic heterocycles. The highest BCUT2D eigenvalue weighted by atomic mass is 16.4. The maximum atomic E-state index is 10.6. The Morgan fingerprint density at radius 2 is 2.42 bits per heavy atom. The van der Waals surface area contributed by atoms with Crippen molar-refractivity contribution in [3.8, 4) is 0 Å². The summed E-state index contributed by atoms with van der Waals surface area (Å²) in [5, 5.41) is 8.74. The maximum Gasteiger partial charge on any atom is 0.336 e. The van der Waals surface area contributed by atoms with Gasteiger partial charge in [0.2, 0.25) is 0 Å². The van der Waals surface area contributed by atoms with Gasteiger partial charge in [-0.15, -0.1) is 0 Å². The van der Waals surface area contributed by atoms with E-state index in [9.17, 15) is 4.79 Å². The fraction of sp³-hybridized carbons (Fsp3) is 0.250. The summed E-state index contributed by atoms with van der Waals surface area (Å²) in [4.78, 5) is 14.6. The molecular weight excluding hydrogens is 156 g/mol. The number of carboxylic acid groups (broad SMARTS) is 1. The van der Waals surface area contributed by atoms with E-state index in [0.29, 0.717) is 11.3 Å². The van der Waals surface area contributed by atoms with Crippen LogP contribution in [-0.2, 0) is 6.54 Å². The van der Waals surface area contributed by atoms with Crippen molar-refractivity contribution >= 4 is 5.97 Å². The van der Waals surface area contributed by atoms with Crippen LogP contribution in [0.5, 0.6) is 0 Å². The fourth-order valence-electron chi connectivity index (χ4n) is 0.950. The van der Waals surface area contributed by atoms with Gasteiger partial charge >= 0.3 is 5.97 Å². The molecule has 4 heteroatoms. The highest BCUT2D eigenvalue weighted by molar-refractivity contribution is 5.89. The van der Waals surface area contributed by atoms with E-state index in [4.69, 9.17) is 10.8 Å². The van der Waals surface area contributed by atoms with Crippen LogP contribution in [0.1, 0.15) is 21.6 Å². The average Bonchev–Trinajstić information content (AvgIpc) is 2.04. The zero-order valence-corrected chi connectivity index (χ0v) is 6.74. The molecule has 0 amide bonds. The first-order valence-electron chi connectivity index (χ1n) is 3.54. The van der Waals surface area contributed by atoms with E-state index >= 15 is 0 Å². The van der Waals surface area contributed by atoms with Crippen LogP contribution in [0.4, 0.5) is 0 Å². The Morgan fingerprint density at radius 1 is 1.75 bits per heavy atom. The first-order chi connectivity index (χ1) is 5.65. The second kappa shape index (κ2) is 3.32. The van der Waals surface area contributed by atoms with Gasteiger partial charge in [0.25, 0.3) is 0 Å². The third-order valence-corrected chi connectivity index (χ3v) is 1.57. The van der Waals surface area contributed by atoms with E-state index in [-0.39, 0.29) is 12.1 Å². The molecule has 0 saturated carbocycles. The van der Waals surface area contributed by atoms with E-state index in [1.54, 1.807) is 6.92 Å². The van der Waals surface area contributed by atoms with Crippen molar-refractivity contribution in [3.05, 3.63) is 29.1 Å². The normalized spacial score (nSPS) is 9.83. The molecule has 4 nitrogen and oxygen atoms in total. The number of nitrogens with two attached hydrogens (primary N) is 1. The molecule has 0 spiro atoms. The van der Waals surface area contributed by atoms with Crippen LogP contribution in [0.2, 0.25) is 0 Å². The summed E-state index contributed by atoms with van der Waals surface area (Å²) in [6, 6.07) is 1.52. The zero-order valence-electron chi connectivity index (χ0n) is 6.74. The van der Waals surface area contributed by atoms with Gasteiger partial charge in [-0.2, -0.15) is 0 Å². The number of aromatic nitrogens is 1. The summed E-state index contributed by atoms with van der Waals surface area (Å²) in [6.07, 6.45) is 1.50. The van der Waals surface area contributed by atoms with Gasteiger partial charge in [0, 0.05) is 18.4 Å². The van der Waals surface area contributed by atoms with Gasteiger partial charge in [0.05, 0.1) is 5.56 Å². The standard InChI is InChI=1S/C8H10N2O2/c1-5-2-7(8(11)12)6(3-9)4-10-5/h2,4H,3,9H2,1H3,(H,11,12). The van der Waals surface area contributed by atoms with Gasteiger partial charge in [-0.05, 0) is 18.6 Å². The first kappa shape index (κ1) is 8.67. The molecule has 12 heavy (non-hydrogen) atoms. The Balaban J connectivity index is 3.21. The number of aromatic carboxylic acids is 1. The summed E-state index contributed by atoms with van der Waals surface area (Å²) < 4.78 is 0. The summed E-state index contributed by atoms with van der Waals surface area (Å²) in [7, 11) is 0. The van der Waals surface area contributed by atoms with Gasteiger partial charge in [0.15, 0.2) is 0 Å². The van der Waals surface area contributed by atoms with E-state index in [0.717, 1.165) is 0 Å². The Bertz CT molecular complexity index is 310. The van der Waals surface area contributed by atoms with Gasteiger partial charge in [-0.3, -0.25) is 4.98 Å². The van der Waals surface area contributed by atoms with Crippen LogP contribution < -0.4 is 5.73 Å². The minimum Gasteiger partial charge on any atom is -0.478 e. The van der Waals surface area contributed by atoms with E-state index in [1.807, 2.05) is 0 Å². The lowest BCUT2D eigenvalue weighted by molar-refractivity contribution is 0.0695. The van der Waals surface area contributed by atoms with Crippen LogP contribution in [0.15, 0.2) is 12.3 Å². The average molecular weight is 166 g/mol. The molecule has 64 valence electrons. The molecule has 1 heterocycles. The SMILES string of the molecule is Cc1cc(C(=O)O)c(CN)cn1. The first-order valence-corrected chi connectivity index (χ1v) is 3.54. The Labute approximate surface area is 70.0 Å². The van der Waals surface area contributed by atoms with Crippen LogP contribution in [0, 0.1) is 6.92 Å². The number of hydrogen-bond donors (Lipinski definition) is 2. The van der Waals surface area contributed by atoms with Gasteiger partial charge in [-0.1, -0.05) is 0 Å². The number of nitrogens with zero attached hydrogens (tertiary/aromatic N) is 1. The van der Waals surface area contributed by atoms with Crippen LogP contribution in [0.25, 0.3) is 0 Å². The lowest BCUT2D eigenvalue weighted by atomic mass is 10.1. The third-order valence-electron chi connectivity index (χ3n) is 1.57. The van der Waals surface area contributed by atoms with Gasteiger partial charge in [-0.25, -0.2) is 4.79 Å². The lowest BCUT2D eigenvalue weighted by Gasteiger charge is -2.02. The number of carbonyl (C=O) groups is 1. The quantitative estimate of drug-likeness (QED) is 0.672. The summed E-state index contributed by atoms with van der Waals surface area (Å²) in [6.45, 7) is 1.95. The Hall–Kier alpha value is -1.42. The largest absolute Gasteiger partial charge is 0.478 e. The molecular formula is C8H10N2O2. The van der Waals surface area contributed by atoms with Crippen molar-refractivity contribution in [1.82, 2.24) is 4.98 Å². The third kappa shape index (κ3) is 1.60. The monoisotopic (exact) mass is 166 g/mol. The molecule has 0 fully saturated rings. The van der Waals surface area contributed by atoms with Crippen molar-refractivity contribution in [1.29, 1.82) is 0 Å². The maximum absolute atomic E-state index is 10.6. The molecule has 0 bridgehead atoms. The number of carboxylic acids is 1. The van der Waals surface area contributed by atoms with Crippen LogP contribution in [0.3, 0.4) is 0 Å². The van der Waals surface area contributed by atoms with E-state index in [1.165, 1.54) is 12.3 Å². The molecule has 0 aliphatic rings. The van der Waals surface area contributed by atoms with Crippen LogP contribution >= 0.6 is 0 Å². The summed E-state index contributed by atoms with van der Waals surface area (Å²) in [5.74, 6) is -0.957. The smallest absolute Gasteiger partial charge is 0.336 e. The Kier molecular flexibility index (Phi) is 2.40. The fourth-order valence-corrected chi connectivity index (χ4v) is 0.950. The topological polar surface area (TPSA) is 76.2 Å². The molecule has 3 N–H and O–H groups in total. The Morgan fingerprint density at radius 3 is 2.92 bits per heavy atom. The minimum atomic E-state index is -0.957. The van der Waals surface area contributed by atoms with Crippen molar-refractivity contribution in [2.75, 3.05) is 0 Å². The number of rotatable bonds is 2. The molecule has 0 atom stereocenters. The van der Waals surface area contributed by atoms with Gasteiger partial charge < -0.3 is 10.8 Å². The second-order valence-corrected chi connectivity index (χ2v) is 2.49. The minimum absolute atomic E-state index is 0.203. The predicted molar refractivity (Wildman–Crippen MR) is 43.8 cm³/mol. The highest BCUT2D eigenvalue weighted by Gasteiger charge is 2.08. The molecule has 0 radical (unpaired) electrons. The van der Waals surface area contributed by atoms with Crippen molar-refractivity contribution < 1.29 is 9.90 Å². The molecule has 1 rings (SSSR count).